The van der Waals surface area contributed by atoms with Gasteiger partial charge in [0.1, 0.15) is 36.6 Å². The van der Waals surface area contributed by atoms with Crippen LogP contribution in [0.3, 0.4) is 0 Å². The molecule has 8 unspecified atom stereocenters. The molecule has 132 valence electrons. The fourth-order valence-corrected chi connectivity index (χ4v) is 2.74. The van der Waals surface area contributed by atoms with E-state index >= 15 is 0 Å². The van der Waals surface area contributed by atoms with Gasteiger partial charge in [-0.15, -0.1) is 0 Å². The first-order valence-electron chi connectivity index (χ1n) is 7.29. The standard InChI is InChI=1S/C14H23NO8/c1-5-8(11(19)13(21)14(22-2)23-5)15-7-3-6(4-16)9(17)12(20)10(7)18/h3,5,8-14,16-21H,4H2,1-2H3. The van der Waals surface area contributed by atoms with E-state index in [-0.39, 0.29) is 11.3 Å². The monoisotopic (exact) mass is 333 g/mol. The van der Waals surface area contributed by atoms with E-state index in [1.807, 2.05) is 0 Å². The molecule has 2 aliphatic rings. The number of hydrogen-bond donors (Lipinski definition) is 6. The lowest BCUT2D eigenvalue weighted by atomic mass is 9.89. The maximum atomic E-state index is 10.2. The maximum Gasteiger partial charge on any atom is 0.186 e. The zero-order valence-corrected chi connectivity index (χ0v) is 12.9. The Balaban J connectivity index is 2.30. The fraction of sp³-hybridized carbons (Fsp3) is 0.786. The molecule has 0 aromatic carbocycles. The summed E-state index contributed by atoms with van der Waals surface area (Å²) in [7, 11) is 1.33. The number of ether oxygens (including phenoxy) is 2. The Bertz CT molecular complexity index is 481. The molecule has 0 aromatic rings. The van der Waals surface area contributed by atoms with Crippen molar-refractivity contribution in [3.05, 3.63) is 11.6 Å². The van der Waals surface area contributed by atoms with Crippen LogP contribution in [-0.4, -0.2) is 99.0 Å². The van der Waals surface area contributed by atoms with Crippen molar-refractivity contribution in [2.45, 2.75) is 55.9 Å². The highest BCUT2D eigenvalue weighted by molar-refractivity contribution is 6.00. The van der Waals surface area contributed by atoms with E-state index in [2.05, 4.69) is 4.99 Å². The molecule has 0 saturated carbocycles. The van der Waals surface area contributed by atoms with E-state index in [4.69, 9.17) is 9.47 Å². The van der Waals surface area contributed by atoms with Gasteiger partial charge in [-0.25, -0.2) is 0 Å². The molecule has 6 N–H and O–H groups in total. The van der Waals surface area contributed by atoms with Crippen molar-refractivity contribution in [1.29, 1.82) is 0 Å². The lowest BCUT2D eigenvalue weighted by Gasteiger charge is -2.40. The fourth-order valence-electron chi connectivity index (χ4n) is 2.74. The lowest BCUT2D eigenvalue weighted by Crippen LogP contribution is -2.57. The molecule has 1 saturated heterocycles. The van der Waals surface area contributed by atoms with Gasteiger partial charge in [-0.2, -0.15) is 0 Å². The first-order valence-corrected chi connectivity index (χ1v) is 7.29. The van der Waals surface area contributed by atoms with E-state index in [9.17, 15) is 30.6 Å². The molecule has 0 aromatic heterocycles. The Hall–Kier alpha value is -0.910. The number of hydrogen-bond acceptors (Lipinski definition) is 9. The van der Waals surface area contributed by atoms with Gasteiger partial charge in [0.05, 0.1) is 18.4 Å². The third kappa shape index (κ3) is 3.47. The van der Waals surface area contributed by atoms with Crippen molar-refractivity contribution in [2.24, 2.45) is 4.99 Å². The van der Waals surface area contributed by atoms with Crippen LogP contribution in [0, 0.1) is 0 Å². The summed E-state index contributed by atoms with van der Waals surface area (Å²) in [6, 6.07) is -0.917. The highest BCUT2D eigenvalue weighted by Gasteiger charge is 2.44. The van der Waals surface area contributed by atoms with Gasteiger partial charge in [-0.3, -0.25) is 4.99 Å². The van der Waals surface area contributed by atoms with E-state index < -0.39 is 55.6 Å². The maximum absolute atomic E-state index is 10.2. The normalized spacial score (nSPS) is 46.8. The van der Waals surface area contributed by atoms with Crippen LogP contribution >= 0.6 is 0 Å². The van der Waals surface area contributed by atoms with Crippen LogP contribution in [-0.2, 0) is 9.47 Å². The van der Waals surface area contributed by atoms with Crippen LogP contribution in [0.15, 0.2) is 16.6 Å². The van der Waals surface area contributed by atoms with E-state index in [1.165, 1.54) is 13.2 Å². The van der Waals surface area contributed by atoms with Gasteiger partial charge in [0, 0.05) is 7.11 Å². The van der Waals surface area contributed by atoms with Crippen molar-refractivity contribution in [1.82, 2.24) is 0 Å². The number of aliphatic imine (C=N–C) groups is 1. The van der Waals surface area contributed by atoms with Gasteiger partial charge in [-0.1, -0.05) is 0 Å². The number of methoxy groups -OCH3 is 1. The smallest absolute Gasteiger partial charge is 0.186 e. The molecule has 9 heteroatoms. The first-order chi connectivity index (χ1) is 10.8. The van der Waals surface area contributed by atoms with Crippen LogP contribution in [0.5, 0.6) is 0 Å². The molecule has 0 spiro atoms. The third-order valence-electron chi connectivity index (χ3n) is 4.18. The van der Waals surface area contributed by atoms with Crippen molar-refractivity contribution in [2.75, 3.05) is 13.7 Å². The summed E-state index contributed by atoms with van der Waals surface area (Å²) >= 11 is 0. The zero-order valence-electron chi connectivity index (χ0n) is 12.9. The van der Waals surface area contributed by atoms with Crippen LogP contribution in [0.2, 0.25) is 0 Å². The topological polar surface area (TPSA) is 152 Å². The lowest BCUT2D eigenvalue weighted by molar-refractivity contribution is -0.259. The SMILES string of the molecule is COC1OC(C)C(N=C2C=C(CO)C(O)C(O)C2O)C(O)C1O. The van der Waals surface area contributed by atoms with Gasteiger partial charge in [-0.05, 0) is 18.6 Å². The molecule has 23 heavy (non-hydrogen) atoms. The Labute approximate surface area is 133 Å². The molecule has 9 nitrogen and oxygen atoms in total. The van der Waals surface area contributed by atoms with Crippen molar-refractivity contribution in [3.8, 4) is 0 Å². The van der Waals surface area contributed by atoms with Crippen LogP contribution < -0.4 is 0 Å². The summed E-state index contributed by atoms with van der Waals surface area (Å²) in [6.07, 6.45) is -7.44. The van der Waals surface area contributed by atoms with Crippen LogP contribution in [0.4, 0.5) is 0 Å². The van der Waals surface area contributed by atoms with Crippen molar-refractivity contribution < 1.29 is 40.1 Å². The van der Waals surface area contributed by atoms with E-state index in [1.54, 1.807) is 6.92 Å². The highest BCUT2D eigenvalue weighted by atomic mass is 16.7. The van der Waals surface area contributed by atoms with Crippen molar-refractivity contribution >= 4 is 5.71 Å². The van der Waals surface area contributed by atoms with Crippen LogP contribution in [0.25, 0.3) is 0 Å². The highest BCUT2D eigenvalue weighted by Crippen LogP contribution is 2.26. The van der Waals surface area contributed by atoms with Crippen molar-refractivity contribution in [3.63, 3.8) is 0 Å². The minimum Gasteiger partial charge on any atom is -0.392 e. The van der Waals surface area contributed by atoms with Crippen LogP contribution in [0.1, 0.15) is 6.92 Å². The zero-order chi connectivity index (χ0) is 17.3. The van der Waals surface area contributed by atoms with E-state index in [0.717, 1.165) is 0 Å². The molecule has 8 atom stereocenters. The summed E-state index contributed by atoms with van der Waals surface area (Å²) in [5.74, 6) is 0. The summed E-state index contributed by atoms with van der Waals surface area (Å²) < 4.78 is 10.3. The Morgan fingerprint density at radius 1 is 1.09 bits per heavy atom. The molecule has 2 rings (SSSR count). The van der Waals surface area contributed by atoms with E-state index in [0.29, 0.717) is 0 Å². The first kappa shape index (κ1) is 18.4. The average Bonchev–Trinajstić information content (AvgIpc) is 2.54. The number of aliphatic hydroxyl groups is 6. The minimum absolute atomic E-state index is 0.0191. The van der Waals surface area contributed by atoms with Gasteiger partial charge < -0.3 is 40.1 Å². The molecule has 1 fully saturated rings. The molecule has 0 amide bonds. The molecule has 1 aliphatic heterocycles. The molecular weight excluding hydrogens is 310 g/mol. The third-order valence-corrected chi connectivity index (χ3v) is 4.18. The molecular formula is C14H23NO8. The summed E-state index contributed by atoms with van der Waals surface area (Å²) in [6.45, 7) is 1.10. The Kier molecular flexibility index (Phi) is 5.87. The predicted octanol–water partition coefficient (Wildman–Crippen LogP) is -3.08. The second-order valence-corrected chi connectivity index (χ2v) is 5.73. The molecule has 1 aliphatic carbocycles. The molecule has 0 radical (unpaired) electrons. The number of rotatable bonds is 3. The van der Waals surface area contributed by atoms with Gasteiger partial charge in [0.25, 0.3) is 0 Å². The largest absolute Gasteiger partial charge is 0.392 e. The minimum atomic E-state index is -1.55. The average molecular weight is 333 g/mol. The quantitative estimate of drug-likeness (QED) is 0.318. The summed E-state index contributed by atoms with van der Waals surface area (Å²) in [4.78, 5) is 4.16. The van der Waals surface area contributed by atoms with Gasteiger partial charge in [0.2, 0.25) is 0 Å². The summed E-state index contributed by atoms with van der Waals surface area (Å²) in [5, 5.41) is 58.9. The Morgan fingerprint density at radius 3 is 2.30 bits per heavy atom. The van der Waals surface area contributed by atoms with Gasteiger partial charge >= 0.3 is 0 Å². The second-order valence-electron chi connectivity index (χ2n) is 5.73. The molecule has 1 heterocycles. The molecule has 0 bridgehead atoms. The van der Waals surface area contributed by atoms with Gasteiger partial charge in [0.15, 0.2) is 6.29 Å². The number of nitrogens with zero attached hydrogens (tertiary/aromatic N) is 1. The predicted molar refractivity (Wildman–Crippen MR) is 77.8 cm³/mol. The Morgan fingerprint density at radius 2 is 1.74 bits per heavy atom. The number of aliphatic hydroxyl groups excluding tert-OH is 6. The summed E-state index contributed by atoms with van der Waals surface area (Å²) in [5.41, 5.74) is 0.0742. The second kappa shape index (κ2) is 7.32.